The molecule has 5 heterocycles. The second-order valence-electron chi connectivity index (χ2n) is 7.02. The molecule has 9 heteroatoms. The average Bonchev–Trinajstić information content (AvgIpc) is 3.40. The van der Waals surface area contributed by atoms with Crippen LogP contribution in [0.5, 0.6) is 0 Å². The van der Waals surface area contributed by atoms with Gasteiger partial charge in [0.1, 0.15) is 6.07 Å². The van der Waals surface area contributed by atoms with Gasteiger partial charge >= 0.3 is 0 Å². The molecular weight excluding hydrogens is 366 g/mol. The number of piperazine rings is 1. The number of pyridine rings is 1. The van der Waals surface area contributed by atoms with E-state index in [1.807, 2.05) is 44.1 Å². The highest BCUT2D eigenvalue weighted by atomic mass is 15.3. The number of nitrogens with one attached hydrogen (secondary N) is 1. The number of hydrogen-bond acceptors (Lipinski definition) is 7. The van der Waals surface area contributed by atoms with Crippen molar-refractivity contribution in [1.29, 1.82) is 5.26 Å². The first-order valence-corrected chi connectivity index (χ1v) is 9.41. The topological polar surface area (TPSA) is 100.0 Å². The fourth-order valence-electron chi connectivity index (χ4n) is 3.64. The van der Waals surface area contributed by atoms with Gasteiger partial charge < -0.3 is 10.2 Å². The number of aromatic nitrogens is 6. The zero-order valence-electron chi connectivity index (χ0n) is 15.9. The maximum Gasteiger partial charge on any atom is 0.225 e. The molecule has 0 radical (unpaired) electrons. The monoisotopic (exact) mass is 385 g/mol. The largest absolute Gasteiger partial charge is 0.338 e. The van der Waals surface area contributed by atoms with Crippen molar-refractivity contribution in [3.8, 4) is 28.3 Å². The summed E-state index contributed by atoms with van der Waals surface area (Å²) in [7, 11) is 1.88. The SMILES string of the molecule is Cn1cc(-c2cc(-c3cnc(N4CCNCC4)nc3)c3c(C#N)cnn3c2)cn1. The van der Waals surface area contributed by atoms with Gasteiger partial charge in [-0.25, -0.2) is 14.5 Å². The lowest BCUT2D eigenvalue weighted by Crippen LogP contribution is -2.44. The Hall–Kier alpha value is -3.77. The Morgan fingerprint density at radius 2 is 1.76 bits per heavy atom. The highest BCUT2D eigenvalue weighted by Crippen LogP contribution is 2.31. The van der Waals surface area contributed by atoms with Crippen molar-refractivity contribution in [1.82, 2.24) is 34.7 Å². The Morgan fingerprint density at radius 1 is 0.966 bits per heavy atom. The van der Waals surface area contributed by atoms with Gasteiger partial charge in [-0.1, -0.05) is 0 Å². The molecule has 29 heavy (non-hydrogen) atoms. The molecule has 4 aromatic heterocycles. The Bertz CT molecular complexity index is 1210. The Kier molecular flexibility index (Phi) is 4.18. The lowest BCUT2D eigenvalue weighted by molar-refractivity contribution is 0.580. The molecule has 0 bridgehead atoms. The van der Waals surface area contributed by atoms with E-state index < -0.39 is 0 Å². The quantitative estimate of drug-likeness (QED) is 0.570. The van der Waals surface area contributed by atoms with Crippen LogP contribution in [-0.2, 0) is 7.05 Å². The number of fused-ring (bicyclic) bond motifs is 1. The molecule has 0 aliphatic carbocycles. The molecule has 5 rings (SSSR count). The minimum absolute atomic E-state index is 0.518. The molecule has 0 atom stereocenters. The van der Waals surface area contributed by atoms with E-state index in [-0.39, 0.29) is 0 Å². The predicted molar refractivity (Wildman–Crippen MR) is 108 cm³/mol. The first-order valence-electron chi connectivity index (χ1n) is 9.41. The highest BCUT2D eigenvalue weighted by molar-refractivity contribution is 5.87. The zero-order valence-corrected chi connectivity index (χ0v) is 15.9. The molecule has 0 aromatic carbocycles. The Morgan fingerprint density at radius 3 is 2.45 bits per heavy atom. The standard InChI is InChI=1S/C20H19N9/c1-27-12-17(11-25-27)14-6-18(19-15(7-21)10-26-29(19)13-14)16-8-23-20(24-9-16)28-4-2-22-3-5-28/h6,8-13,22H,2-5H2,1H3. The molecule has 1 fully saturated rings. The van der Waals surface area contributed by atoms with Crippen LogP contribution in [0.4, 0.5) is 5.95 Å². The van der Waals surface area contributed by atoms with Crippen molar-refractivity contribution in [2.75, 3.05) is 31.1 Å². The number of rotatable bonds is 3. The number of nitriles is 1. The minimum atomic E-state index is 0.518. The van der Waals surface area contributed by atoms with Gasteiger partial charge in [-0.2, -0.15) is 15.5 Å². The molecular formula is C20H19N9. The fraction of sp³-hybridized carbons (Fsp3) is 0.250. The highest BCUT2D eigenvalue weighted by Gasteiger charge is 2.17. The average molecular weight is 385 g/mol. The normalized spacial score (nSPS) is 14.3. The zero-order chi connectivity index (χ0) is 19.8. The molecule has 0 spiro atoms. The van der Waals surface area contributed by atoms with E-state index in [0.29, 0.717) is 5.56 Å². The molecule has 1 N–H and O–H groups in total. The van der Waals surface area contributed by atoms with Crippen molar-refractivity contribution in [2.45, 2.75) is 0 Å². The number of aryl methyl sites for hydroxylation is 1. The fourth-order valence-corrected chi connectivity index (χ4v) is 3.64. The van der Waals surface area contributed by atoms with Crippen molar-refractivity contribution >= 4 is 11.5 Å². The van der Waals surface area contributed by atoms with Crippen molar-refractivity contribution < 1.29 is 0 Å². The van der Waals surface area contributed by atoms with Gasteiger partial charge in [-0.15, -0.1) is 0 Å². The van der Waals surface area contributed by atoms with E-state index in [1.54, 1.807) is 15.4 Å². The third-order valence-electron chi connectivity index (χ3n) is 5.12. The smallest absolute Gasteiger partial charge is 0.225 e. The van der Waals surface area contributed by atoms with Gasteiger partial charge in [0.05, 0.1) is 23.5 Å². The van der Waals surface area contributed by atoms with Crippen molar-refractivity contribution in [2.24, 2.45) is 7.05 Å². The Labute approximate surface area is 167 Å². The van der Waals surface area contributed by atoms with Gasteiger partial charge in [0.15, 0.2) is 0 Å². The Balaban J connectivity index is 1.62. The lowest BCUT2D eigenvalue weighted by atomic mass is 10.0. The summed E-state index contributed by atoms with van der Waals surface area (Å²) in [6.07, 6.45) is 10.9. The first kappa shape index (κ1) is 17.3. The predicted octanol–water partition coefficient (Wildman–Crippen LogP) is 1.47. The second-order valence-corrected chi connectivity index (χ2v) is 7.02. The summed E-state index contributed by atoms with van der Waals surface area (Å²) < 4.78 is 3.49. The van der Waals surface area contributed by atoms with Crippen LogP contribution in [0.1, 0.15) is 5.56 Å². The molecule has 1 aliphatic rings. The molecule has 9 nitrogen and oxygen atoms in total. The van der Waals surface area contributed by atoms with Crippen LogP contribution in [0.15, 0.2) is 43.2 Å². The summed E-state index contributed by atoms with van der Waals surface area (Å²) in [5.74, 6) is 0.726. The van der Waals surface area contributed by atoms with E-state index in [1.165, 1.54) is 0 Å². The van der Waals surface area contributed by atoms with Crippen LogP contribution in [0.25, 0.3) is 27.8 Å². The van der Waals surface area contributed by atoms with E-state index in [0.717, 1.165) is 59.9 Å². The van der Waals surface area contributed by atoms with Gasteiger partial charge in [-0.05, 0) is 6.07 Å². The van der Waals surface area contributed by atoms with Crippen molar-refractivity contribution in [3.05, 3.63) is 48.8 Å². The second kappa shape index (κ2) is 7.00. The maximum absolute atomic E-state index is 9.54. The van der Waals surface area contributed by atoms with E-state index in [2.05, 4.69) is 36.5 Å². The molecule has 4 aromatic rings. The molecule has 144 valence electrons. The molecule has 1 saturated heterocycles. The van der Waals surface area contributed by atoms with Crippen LogP contribution in [0.3, 0.4) is 0 Å². The summed E-state index contributed by atoms with van der Waals surface area (Å²) in [6, 6.07) is 4.27. The molecule has 1 aliphatic heterocycles. The number of hydrogen-bond donors (Lipinski definition) is 1. The maximum atomic E-state index is 9.54. The third kappa shape index (κ3) is 3.09. The number of nitrogens with zero attached hydrogens (tertiary/aromatic N) is 8. The third-order valence-corrected chi connectivity index (χ3v) is 5.12. The number of anilines is 1. The van der Waals surface area contributed by atoms with Gasteiger partial charge in [0, 0.05) is 80.3 Å². The summed E-state index contributed by atoms with van der Waals surface area (Å²) >= 11 is 0. The summed E-state index contributed by atoms with van der Waals surface area (Å²) in [5.41, 5.74) is 4.91. The molecule has 0 saturated carbocycles. The molecule has 0 amide bonds. The van der Waals surface area contributed by atoms with Crippen LogP contribution in [0.2, 0.25) is 0 Å². The van der Waals surface area contributed by atoms with Gasteiger partial charge in [0.25, 0.3) is 0 Å². The summed E-state index contributed by atoms with van der Waals surface area (Å²) in [6.45, 7) is 3.64. The van der Waals surface area contributed by atoms with Crippen LogP contribution in [0, 0.1) is 11.3 Å². The van der Waals surface area contributed by atoms with Crippen LogP contribution < -0.4 is 10.2 Å². The van der Waals surface area contributed by atoms with Gasteiger partial charge in [0.2, 0.25) is 5.95 Å². The van der Waals surface area contributed by atoms with Crippen LogP contribution in [-0.4, -0.2) is 55.5 Å². The summed E-state index contributed by atoms with van der Waals surface area (Å²) in [5, 5.41) is 21.5. The summed E-state index contributed by atoms with van der Waals surface area (Å²) in [4.78, 5) is 11.3. The van der Waals surface area contributed by atoms with Gasteiger partial charge in [-0.3, -0.25) is 4.68 Å². The van der Waals surface area contributed by atoms with E-state index in [9.17, 15) is 5.26 Å². The first-order chi connectivity index (χ1) is 14.2. The minimum Gasteiger partial charge on any atom is -0.338 e. The molecule has 0 unspecified atom stereocenters. The van der Waals surface area contributed by atoms with Crippen LogP contribution >= 0.6 is 0 Å². The van der Waals surface area contributed by atoms with E-state index >= 15 is 0 Å². The van der Waals surface area contributed by atoms with Crippen molar-refractivity contribution in [3.63, 3.8) is 0 Å². The van der Waals surface area contributed by atoms with E-state index in [4.69, 9.17) is 0 Å². The lowest BCUT2D eigenvalue weighted by Gasteiger charge is -2.27.